The van der Waals surface area contributed by atoms with Crippen molar-refractivity contribution in [2.24, 2.45) is 0 Å². The smallest absolute Gasteiger partial charge is 0.242 e. The van der Waals surface area contributed by atoms with E-state index in [-0.39, 0.29) is 17.8 Å². The number of likely N-dealkylation sites (tertiary alicyclic amines) is 1. The zero-order chi connectivity index (χ0) is 19.9. The largest absolute Gasteiger partial charge is 0.494 e. The highest BCUT2D eigenvalue weighted by Gasteiger charge is 2.50. The van der Waals surface area contributed by atoms with Crippen LogP contribution in [0.2, 0.25) is 0 Å². The summed E-state index contributed by atoms with van der Waals surface area (Å²) in [7, 11) is 1.85. The van der Waals surface area contributed by atoms with Gasteiger partial charge in [-0.25, -0.2) is 4.39 Å². The third-order valence-corrected chi connectivity index (χ3v) is 5.95. The van der Waals surface area contributed by atoms with Crippen LogP contribution in [0, 0.1) is 12.7 Å². The van der Waals surface area contributed by atoms with Gasteiger partial charge < -0.3 is 9.64 Å². The number of amides is 1. The minimum atomic E-state index is -0.464. The lowest BCUT2D eigenvalue weighted by Gasteiger charge is -2.23. The number of hydrogen-bond acceptors (Lipinski definition) is 4. The van der Waals surface area contributed by atoms with E-state index in [0.717, 1.165) is 42.6 Å². The molecule has 2 atom stereocenters. The zero-order valence-corrected chi connectivity index (χ0v) is 16.6. The number of ether oxygens (including phenoxy) is 1. The van der Waals surface area contributed by atoms with Crippen LogP contribution in [0.5, 0.6) is 5.75 Å². The van der Waals surface area contributed by atoms with Crippen LogP contribution in [-0.2, 0) is 4.79 Å². The quantitative estimate of drug-likeness (QED) is 0.876. The molecule has 1 aromatic carbocycles. The molecule has 28 heavy (non-hydrogen) atoms. The molecule has 2 aliphatic rings. The molecular weight excluding hydrogens is 357 g/mol. The third kappa shape index (κ3) is 3.15. The molecule has 5 nitrogen and oxygen atoms in total. The van der Waals surface area contributed by atoms with Crippen LogP contribution in [0.25, 0.3) is 11.1 Å². The number of pyridine rings is 1. The minimum absolute atomic E-state index is 0.00438. The van der Waals surface area contributed by atoms with Crippen molar-refractivity contribution in [3.05, 3.63) is 47.5 Å². The molecule has 4 rings (SSSR count). The van der Waals surface area contributed by atoms with Crippen LogP contribution >= 0.6 is 0 Å². The molecule has 2 fully saturated rings. The van der Waals surface area contributed by atoms with Crippen LogP contribution in [0.1, 0.15) is 43.5 Å². The summed E-state index contributed by atoms with van der Waals surface area (Å²) >= 11 is 0. The lowest BCUT2D eigenvalue weighted by molar-refractivity contribution is -0.131. The van der Waals surface area contributed by atoms with Gasteiger partial charge >= 0.3 is 0 Å². The zero-order valence-electron chi connectivity index (χ0n) is 16.6. The number of aryl methyl sites for hydroxylation is 1. The molecule has 0 radical (unpaired) electrons. The number of nitrogens with zero attached hydrogens (tertiary/aromatic N) is 2. The normalized spacial score (nSPS) is 24.4. The summed E-state index contributed by atoms with van der Waals surface area (Å²) in [6, 6.07) is 6.99. The fourth-order valence-electron chi connectivity index (χ4n) is 4.38. The molecule has 0 bridgehead atoms. The van der Waals surface area contributed by atoms with Crippen molar-refractivity contribution in [3.8, 4) is 16.9 Å². The number of aromatic nitrogens is 1. The number of nitrogens with one attached hydrogen (secondary N) is 1. The molecular formula is C22H26FN3O2. The number of halogens is 1. The molecule has 3 heterocycles. The predicted octanol–water partition coefficient (Wildman–Crippen LogP) is 3.62. The topological polar surface area (TPSA) is 54.5 Å². The molecule has 1 amide bonds. The maximum Gasteiger partial charge on any atom is 0.242 e. The summed E-state index contributed by atoms with van der Waals surface area (Å²) in [6.07, 6.45) is 4.18. The second kappa shape index (κ2) is 7.17. The second-order valence-corrected chi connectivity index (χ2v) is 7.79. The Morgan fingerprint density at radius 3 is 2.89 bits per heavy atom. The third-order valence-electron chi connectivity index (χ3n) is 5.95. The first-order valence-electron chi connectivity index (χ1n) is 9.86. The first-order valence-corrected chi connectivity index (χ1v) is 9.86. The molecule has 1 N–H and O–H groups in total. The van der Waals surface area contributed by atoms with E-state index in [2.05, 4.69) is 10.3 Å². The van der Waals surface area contributed by atoms with Gasteiger partial charge in [0, 0.05) is 25.4 Å². The summed E-state index contributed by atoms with van der Waals surface area (Å²) in [5.41, 5.74) is 2.42. The maximum absolute atomic E-state index is 14.7. The predicted molar refractivity (Wildman–Crippen MR) is 106 cm³/mol. The van der Waals surface area contributed by atoms with Crippen molar-refractivity contribution in [3.63, 3.8) is 0 Å². The Hall–Kier alpha value is -2.47. The van der Waals surface area contributed by atoms with E-state index in [1.165, 1.54) is 6.07 Å². The van der Waals surface area contributed by atoms with E-state index in [0.29, 0.717) is 17.9 Å². The molecule has 1 aromatic heterocycles. The Morgan fingerprint density at radius 1 is 1.36 bits per heavy atom. The van der Waals surface area contributed by atoms with E-state index in [4.69, 9.17) is 4.74 Å². The molecule has 0 saturated carbocycles. The van der Waals surface area contributed by atoms with Crippen LogP contribution in [0.15, 0.2) is 30.5 Å². The summed E-state index contributed by atoms with van der Waals surface area (Å²) in [5, 5.41) is 3.52. The number of hydrogen-bond donors (Lipinski definition) is 1. The van der Waals surface area contributed by atoms with Gasteiger partial charge in [-0.3, -0.25) is 15.1 Å². The Morgan fingerprint density at radius 2 is 2.18 bits per heavy atom. The molecule has 1 spiro atoms. The molecule has 0 aliphatic carbocycles. The van der Waals surface area contributed by atoms with Crippen molar-refractivity contribution in [1.82, 2.24) is 15.2 Å². The number of carbonyl (C=O) groups is 1. The monoisotopic (exact) mass is 383 g/mol. The molecule has 148 valence electrons. The standard InChI is InChI=1S/C22H26FN3O2/c1-4-28-20-13-16(17(23)11-14(20)2)15-6-9-24-19(12-15)18-5-7-22(25-18)8-10-26(3)21(22)27/h6,9,11-13,18,25H,4-5,7-8,10H2,1-3H3/t18-,22+/m1/s1. The molecule has 0 unspecified atom stereocenters. The van der Waals surface area contributed by atoms with Gasteiger partial charge in [0.05, 0.1) is 18.3 Å². The Labute approximate surface area is 164 Å². The van der Waals surface area contributed by atoms with E-state index in [9.17, 15) is 9.18 Å². The second-order valence-electron chi connectivity index (χ2n) is 7.79. The first-order chi connectivity index (χ1) is 13.4. The van der Waals surface area contributed by atoms with E-state index in [1.54, 1.807) is 17.2 Å². The average Bonchev–Trinajstić information content (AvgIpc) is 3.24. The van der Waals surface area contributed by atoms with Gasteiger partial charge in [-0.2, -0.15) is 0 Å². The maximum atomic E-state index is 14.7. The van der Waals surface area contributed by atoms with E-state index < -0.39 is 5.54 Å². The van der Waals surface area contributed by atoms with Gasteiger partial charge in [0.15, 0.2) is 0 Å². The van der Waals surface area contributed by atoms with Gasteiger partial charge in [0.25, 0.3) is 0 Å². The van der Waals surface area contributed by atoms with E-state index >= 15 is 0 Å². The highest BCUT2D eigenvalue weighted by molar-refractivity contribution is 5.88. The highest BCUT2D eigenvalue weighted by Crippen LogP contribution is 2.39. The fourth-order valence-corrected chi connectivity index (χ4v) is 4.38. The van der Waals surface area contributed by atoms with Gasteiger partial charge in [-0.05, 0) is 68.5 Å². The Bertz CT molecular complexity index is 917. The van der Waals surface area contributed by atoms with Crippen molar-refractivity contribution >= 4 is 5.91 Å². The number of rotatable bonds is 4. The van der Waals surface area contributed by atoms with Crippen molar-refractivity contribution < 1.29 is 13.9 Å². The number of benzene rings is 1. The van der Waals surface area contributed by atoms with E-state index in [1.807, 2.05) is 33.0 Å². The Balaban J connectivity index is 1.63. The fraction of sp³-hybridized carbons (Fsp3) is 0.455. The minimum Gasteiger partial charge on any atom is -0.494 e. The lowest BCUT2D eigenvalue weighted by Crippen LogP contribution is -2.47. The summed E-state index contributed by atoms with van der Waals surface area (Å²) in [5.74, 6) is 0.577. The lowest BCUT2D eigenvalue weighted by atomic mass is 9.96. The van der Waals surface area contributed by atoms with Crippen molar-refractivity contribution in [1.29, 1.82) is 0 Å². The van der Waals surface area contributed by atoms with Crippen LogP contribution in [0.3, 0.4) is 0 Å². The molecule has 2 aromatic rings. The van der Waals surface area contributed by atoms with Gasteiger partial charge in [-0.1, -0.05) is 0 Å². The number of carbonyl (C=O) groups excluding carboxylic acids is 1. The van der Waals surface area contributed by atoms with Crippen LogP contribution in [-0.4, -0.2) is 41.5 Å². The van der Waals surface area contributed by atoms with Gasteiger partial charge in [0.2, 0.25) is 5.91 Å². The van der Waals surface area contributed by atoms with Gasteiger partial charge in [0.1, 0.15) is 17.1 Å². The molecule has 6 heteroatoms. The SMILES string of the molecule is CCOc1cc(-c2ccnc([C@H]3CC[C@@]4(CCN(C)C4=O)N3)c2)c(F)cc1C. The summed E-state index contributed by atoms with van der Waals surface area (Å²) in [6.45, 7) is 5.06. The number of likely N-dealkylation sites (N-methyl/N-ethyl adjacent to an activating group) is 1. The van der Waals surface area contributed by atoms with Gasteiger partial charge in [-0.15, -0.1) is 0 Å². The van der Waals surface area contributed by atoms with Crippen molar-refractivity contribution in [2.45, 2.75) is 44.7 Å². The average molecular weight is 383 g/mol. The van der Waals surface area contributed by atoms with Crippen LogP contribution < -0.4 is 10.1 Å². The van der Waals surface area contributed by atoms with Crippen LogP contribution in [0.4, 0.5) is 4.39 Å². The molecule has 2 saturated heterocycles. The summed E-state index contributed by atoms with van der Waals surface area (Å²) < 4.78 is 20.3. The summed E-state index contributed by atoms with van der Waals surface area (Å²) in [4.78, 5) is 18.8. The molecule has 2 aliphatic heterocycles. The van der Waals surface area contributed by atoms with Crippen molar-refractivity contribution in [2.75, 3.05) is 20.2 Å². The first kappa shape index (κ1) is 18.9. The highest BCUT2D eigenvalue weighted by atomic mass is 19.1. The Kier molecular flexibility index (Phi) is 4.83.